The van der Waals surface area contributed by atoms with Gasteiger partial charge in [0.05, 0.1) is 0 Å². The summed E-state index contributed by atoms with van der Waals surface area (Å²) in [6.07, 6.45) is 0. The summed E-state index contributed by atoms with van der Waals surface area (Å²) in [7, 11) is 0. The monoisotopic (exact) mass is 232 g/mol. The molecule has 0 fully saturated rings. The highest BCUT2D eigenvalue weighted by Crippen LogP contribution is 2.47. The molecule has 3 rings (SSSR count). The van der Waals surface area contributed by atoms with Crippen molar-refractivity contribution in [2.75, 3.05) is 0 Å². The first kappa shape index (κ1) is 10.4. The van der Waals surface area contributed by atoms with Crippen molar-refractivity contribution in [3.63, 3.8) is 0 Å². The zero-order valence-corrected chi connectivity index (χ0v) is 9.17. The highest BCUT2D eigenvalue weighted by Gasteiger charge is 2.38. The Hall–Kier alpha value is -1.74. The van der Waals surface area contributed by atoms with E-state index in [1.54, 1.807) is 25.1 Å². The minimum atomic E-state index is -1.26. The number of hydrogen-bond acceptors (Lipinski definition) is 1. The van der Waals surface area contributed by atoms with E-state index in [0.717, 1.165) is 17.7 Å². The van der Waals surface area contributed by atoms with E-state index in [4.69, 9.17) is 0 Å². The third-order valence-corrected chi connectivity index (χ3v) is 3.33. The van der Waals surface area contributed by atoms with Gasteiger partial charge >= 0.3 is 0 Å². The lowest BCUT2D eigenvalue weighted by atomic mass is 9.94. The minimum Gasteiger partial charge on any atom is -0.381 e. The van der Waals surface area contributed by atoms with Crippen LogP contribution in [0, 0.1) is 11.6 Å². The molecule has 0 radical (unpaired) electrons. The van der Waals surface area contributed by atoms with E-state index in [2.05, 4.69) is 0 Å². The Labute approximate surface area is 97.3 Å². The highest BCUT2D eigenvalue weighted by atomic mass is 19.2. The Balaban J connectivity index is 2.40. The standard InChI is InChI=1S/C14H10F2O/c1-14(17)10-5-3-2-4-8(10)9-6-12(15)13(16)7-11(9)14/h2-7,17H,1H3. The van der Waals surface area contributed by atoms with Crippen molar-refractivity contribution < 1.29 is 13.9 Å². The Bertz CT molecular complexity index is 618. The van der Waals surface area contributed by atoms with E-state index in [-0.39, 0.29) is 0 Å². The molecule has 1 atom stereocenters. The summed E-state index contributed by atoms with van der Waals surface area (Å²) in [5, 5.41) is 10.4. The predicted octanol–water partition coefficient (Wildman–Crippen LogP) is 3.20. The first-order valence-electron chi connectivity index (χ1n) is 5.33. The maximum Gasteiger partial charge on any atom is 0.159 e. The van der Waals surface area contributed by atoms with Crippen LogP contribution in [0.4, 0.5) is 8.78 Å². The van der Waals surface area contributed by atoms with E-state index in [9.17, 15) is 13.9 Å². The summed E-state index contributed by atoms with van der Waals surface area (Å²) in [6, 6.07) is 9.39. The molecule has 0 bridgehead atoms. The third kappa shape index (κ3) is 1.26. The second-order valence-corrected chi connectivity index (χ2v) is 4.43. The van der Waals surface area contributed by atoms with Gasteiger partial charge in [-0.25, -0.2) is 8.78 Å². The summed E-state index contributed by atoms with van der Waals surface area (Å²) in [5.41, 5.74) is 1.15. The molecule has 0 saturated heterocycles. The molecular formula is C14H10F2O. The van der Waals surface area contributed by atoms with Crippen molar-refractivity contribution in [2.24, 2.45) is 0 Å². The topological polar surface area (TPSA) is 20.2 Å². The van der Waals surface area contributed by atoms with Crippen LogP contribution in [0.3, 0.4) is 0 Å². The molecule has 17 heavy (non-hydrogen) atoms. The number of aliphatic hydroxyl groups is 1. The lowest BCUT2D eigenvalue weighted by Crippen LogP contribution is -2.19. The quantitative estimate of drug-likeness (QED) is 0.739. The maximum atomic E-state index is 13.3. The van der Waals surface area contributed by atoms with Gasteiger partial charge in [-0.2, -0.15) is 0 Å². The van der Waals surface area contributed by atoms with Crippen molar-refractivity contribution in [3.05, 3.63) is 59.2 Å². The van der Waals surface area contributed by atoms with Crippen LogP contribution in [-0.2, 0) is 5.60 Å². The zero-order valence-electron chi connectivity index (χ0n) is 9.17. The van der Waals surface area contributed by atoms with Gasteiger partial charge in [-0.15, -0.1) is 0 Å². The maximum absolute atomic E-state index is 13.3. The molecule has 2 aromatic rings. The smallest absolute Gasteiger partial charge is 0.159 e. The van der Waals surface area contributed by atoms with E-state index in [0.29, 0.717) is 16.7 Å². The minimum absolute atomic E-state index is 0.414. The molecule has 0 saturated carbocycles. The second kappa shape index (κ2) is 3.14. The molecule has 0 heterocycles. The summed E-state index contributed by atoms with van der Waals surface area (Å²) in [4.78, 5) is 0. The van der Waals surface area contributed by atoms with Crippen LogP contribution < -0.4 is 0 Å². The predicted molar refractivity (Wildman–Crippen MR) is 60.5 cm³/mol. The van der Waals surface area contributed by atoms with Gasteiger partial charge in [0, 0.05) is 0 Å². The molecular weight excluding hydrogens is 222 g/mol. The lowest BCUT2D eigenvalue weighted by Gasteiger charge is -2.19. The van der Waals surface area contributed by atoms with Gasteiger partial charge in [-0.05, 0) is 41.3 Å². The number of benzene rings is 2. The van der Waals surface area contributed by atoms with E-state index >= 15 is 0 Å². The molecule has 0 amide bonds. The fourth-order valence-corrected chi connectivity index (χ4v) is 2.46. The number of fused-ring (bicyclic) bond motifs is 3. The van der Waals surface area contributed by atoms with Crippen molar-refractivity contribution in [2.45, 2.75) is 12.5 Å². The Morgan fingerprint density at radius 1 is 0.941 bits per heavy atom. The molecule has 0 aromatic heterocycles. The summed E-state index contributed by atoms with van der Waals surface area (Å²) in [5.74, 6) is -1.83. The van der Waals surface area contributed by atoms with Crippen LogP contribution in [0.15, 0.2) is 36.4 Å². The van der Waals surface area contributed by atoms with Crippen molar-refractivity contribution in [3.8, 4) is 11.1 Å². The van der Waals surface area contributed by atoms with Gasteiger partial charge in [-0.1, -0.05) is 24.3 Å². The van der Waals surface area contributed by atoms with Crippen LogP contribution >= 0.6 is 0 Å². The summed E-state index contributed by atoms with van der Waals surface area (Å²) < 4.78 is 26.5. The van der Waals surface area contributed by atoms with E-state index in [1.807, 2.05) is 6.07 Å². The van der Waals surface area contributed by atoms with Crippen LogP contribution in [-0.4, -0.2) is 5.11 Å². The van der Waals surface area contributed by atoms with Gasteiger partial charge < -0.3 is 5.11 Å². The Morgan fingerprint density at radius 3 is 2.35 bits per heavy atom. The third-order valence-electron chi connectivity index (χ3n) is 3.33. The van der Waals surface area contributed by atoms with Crippen LogP contribution in [0.2, 0.25) is 0 Å². The average molecular weight is 232 g/mol. The van der Waals surface area contributed by atoms with Gasteiger partial charge in [0.2, 0.25) is 0 Å². The lowest BCUT2D eigenvalue weighted by molar-refractivity contribution is 0.107. The molecule has 1 unspecified atom stereocenters. The fraction of sp³-hybridized carbons (Fsp3) is 0.143. The molecule has 86 valence electrons. The average Bonchev–Trinajstić information content (AvgIpc) is 2.51. The van der Waals surface area contributed by atoms with Crippen molar-refractivity contribution in [1.82, 2.24) is 0 Å². The second-order valence-electron chi connectivity index (χ2n) is 4.43. The van der Waals surface area contributed by atoms with Crippen molar-refractivity contribution >= 4 is 0 Å². The van der Waals surface area contributed by atoms with Gasteiger partial charge in [-0.3, -0.25) is 0 Å². The number of rotatable bonds is 0. The molecule has 1 aliphatic rings. The number of hydrogen-bond donors (Lipinski definition) is 1. The van der Waals surface area contributed by atoms with Gasteiger partial charge in [0.1, 0.15) is 5.60 Å². The highest BCUT2D eigenvalue weighted by molar-refractivity contribution is 5.79. The van der Waals surface area contributed by atoms with Gasteiger partial charge in [0.15, 0.2) is 11.6 Å². The zero-order chi connectivity index (χ0) is 12.2. The molecule has 3 heteroatoms. The van der Waals surface area contributed by atoms with Crippen LogP contribution in [0.5, 0.6) is 0 Å². The van der Waals surface area contributed by atoms with E-state index < -0.39 is 17.2 Å². The molecule has 1 aliphatic carbocycles. The first-order valence-corrected chi connectivity index (χ1v) is 5.33. The van der Waals surface area contributed by atoms with Gasteiger partial charge in [0.25, 0.3) is 0 Å². The van der Waals surface area contributed by atoms with Crippen LogP contribution in [0.25, 0.3) is 11.1 Å². The van der Waals surface area contributed by atoms with Crippen molar-refractivity contribution in [1.29, 1.82) is 0 Å². The SMILES string of the molecule is CC1(O)c2ccccc2-c2cc(F)c(F)cc21. The molecule has 0 spiro atoms. The molecule has 2 aromatic carbocycles. The fourth-order valence-electron chi connectivity index (χ4n) is 2.46. The Kier molecular flexibility index (Phi) is 1.92. The van der Waals surface area contributed by atoms with Crippen LogP contribution in [0.1, 0.15) is 18.1 Å². The largest absolute Gasteiger partial charge is 0.381 e. The Morgan fingerprint density at radius 2 is 1.59 bits per heavy atom. The summed E-state index contributed by atoms with van der Waals surface area (Å²) >= 11 is 0. The normalized spacial score (nSPS) is 21.2. The number of halogens is 2. The van der Waals surface area contributed by atoms with E-state index in [1.165, 1.54) is 0 Å². The molecule has 1 N–H and O–H groups in total. The molecule has 1 nitrogen and oxygen atoms in total. The molecule has 0 aliphatic heterocycles. The first-order chi connectivity index (χ1) is 8.01. The summed E-state index contributed by atoms with van der Waals surface area (Å²) in [6.45, 7) is 1.59.